The quantitative estimate of drug-likeness (QED) is 0.888. The number of halogens is 1. The van der Waals surface area contributed by atoms with Crippen LogP contribution in [0.4, 0.5) is 10.1 Å². The van der Waals surface area contributed by atoms with Crippen LogP contribution < -0.4 is 5.32 Å². The lowest BCUT2D eigenvalue weighted by molar-refractivity contribution is -0.113. The van der Waals surface area contributed by atoms with Crippen LogP contribution in [0, 0.1) is 5.82 Å². The Hall–Kier alpha value is -2.01. The molecule has 116 valence electrons. The summed E-state index contributed by atoms with van der Waals surface area (Å²) in [7, 11) is -1.44. The molecule has 0 fully saturated rings. The highest BCUT2D eigenvalue weighted by molar-refractivity contribution is 7.84. The standard InChI is InChI=1S/C17H18FNO2S/c1-2-13-7-9-15(10-8-13)19-17(20)12-22(21)11-14-5-3-4-6-16(14)18/h3-10H,2,11-12H2,1H3,(H,19,20). The summed E-state index contributed by atoms with van der Waals surface area (Å²) in [5.41, 5.74) is 2.21. The maximum absolute atomic E-state index is 13.5. The van der Waals surface area contributed by atoms with Gasteiger partial charge in [-0.15, -0.1) is 0 Å². The summed E-state index contributed by atoms with van der Waals surface area (Å²) in [4.78, 5) is 11.9. The molecule has 3 nitrogen and oxygen atoms in total. The monoisotopic (exact) mass is 319 g/mol. The molecule has 22 heavy (non-hydrogen) atoms. The molecule has 2 rings (SSSR count). The first-order chi connectivity index (χ1) is 10.6. The summed E-state index contributed by atoms with van der Waals surface area (Å²) in [6.45, 7) is 2.06. The smallest absolute Gasteiger partial charge is 0.237 e. The number of aryl methyl sites for hydroxylation is 1. The molecule has 0 bridgehead atoms. The highest BCUT2D eigenvalue weighted by Gasteiger charge is 2.11. The van der Waals surface area contributed by atoms with E-state index in [0.29, 0.717) is 11.3 Å². The average molecular weight is 319 g/mol. The van der Waals surface area contributed by atoms with Crippen molar-refractivity contribution in [1.29, 1.82) is 0 Å². The fraction of sp³-hybridized carbons (Fsp3) is 0.235. The van der Waals surface area contributed by atoms with Crippen molar-refractivity contribution >= 4 is 22.4 Å². The van der Waals surface area contributed by atoms with Gasteiger partial charge in [-0.3, -0.25) is 9.00 Å². The number of hydrogen-bond acceptors (Lipinski definition) is 2. The first-order valence-corrected chi connectivity index (χ1v) is 8.54. The fourth-order valence-corrected chi connectivity index (χ4v) is 3.05. The molecule has 2 aromatic rings. The summed E-state index contributed by atoms with van der Waals surface area (Å²) in [5.74, 6) is -0.844. The minimum absolute atomic E-state index is 0.0366. The van der Waals surface area contributed by atoms with E-state index in [1.165, 1.54) is 11.6 Å². The number of nitrogens with one attached hydrogen (secondary N) is 1. The third kappa shape index (κ3) is 4.77. The van der Waals surface area contributed by atoms with Crippen molar-refractivity contribution in [2.75, 3.05) is 11.1 Å². The number of anilines is 1. The Kier molecular flexibility index (Phi) is 5.83. The van der Waals surface area contributed by atoms with E-state index in [1.54, 1.807) is 18.2 Å². The van der Waals surface area contributed by atoms with E-state index in [-0.39, 0.29) is 17.4 Å². The van der Waals surface area contributed by atoms with Crippen molar-refractivity contribution in [3.05, 3.63) is 65.5 Å². The number of benzene rings is 2. The van der Waals surface area contributed by atoms with Gasteiger partial charge in [0.05, 0.1) is 5.75 Å². The topological polar surface area (TPSA) is 46.2 Å². The summed E-state index contributed by atoms with van der Waals surface area (Å²) in [6.07, 6.45) is 0.931. The van der Waals surface area contributed by atoms with Crippen molar-refractivity contribution in [3.8, 4) is 0 Å². The first kappa shape index (κ1) is 16.4. The van der Waals surface area contributed by atoms with Gasteiger partial charge >= 0.3 is 0 Å². The maximum Gasteiger partial charge on any atom is 0.237 e. The summed E-state index contributed by atoms with van der Waals surface area (Å²) in [5, 5.41) is 2.70. The van der Waals surface area contributed by atoms with Crippen LogP contribution in [0.15, 0.2) is 48.5 Å². The van der Waals surface area contributed by atoms with Gasteiger partial charge in [0.2, 0.25) is 5.91 Å². The predicted octanol–water partition coefficient (Wildman–Crippen LogP) is 3.28. The van der Waals surface area contributed by atoms with Crippen LogP contribution in [-0.2, 0) is 27.8 Å². The lowest BCUT2D eigenvalue weighted by Gasteiger charge is -2.07. The zero-order valence-electron chi connectivity index (χ0n) is 12.3. The first-order valence-electron chi connectivity index (χ1n) is 7.05. The van der Waals surface area contributed by atoms with E-state index < -0.39 is 16.6 Å². The highest BCUT2D eigenvalue weighted by Crippen LogP contribution is 2.11. The molecule has 1 N–H and O–H groups in total. The van der Waals surface area contributed by atoms with Crippen LogP contribution >= 0.6 is 0 Å². The molecule has 0 spiro atoms. The van der Waals surface area contributed by atoms with Gasteiger partial charge in [-0.25, -0.2) is 4.39 Å². The van der Waals surface area contributed by atoms with E-state index in [2.05, 4.69) is 12.2 Å². The normalized spacial score (nSPS) is 11.9. The van der Waals surface area contributed by atoms with Gasteiger partial charge in [0, 0.05) is 22.1 Å². The van der Waals surface area contributed by atoms with Crippen molar-refractivity contribution in [2.24, 2.45) is 0 Å². The van der Waals surface area contributed by atoms with Crippen molar-refractivity contribution in [3.63, 3.8) is 0 Å². The zero-order valence-corrected chi connectivity index (χ0v) is 13.2. The number of amides is 1. The Morgan fingerprint density at radius 2 is 1.82 bits per heavy atom. The van der Waals surface area contributed by atoms with Crippen LogP contribution in [0.5, 0.6) is 0 Å². The molecule has 0 saturated carbocycles. The van der Waals surface area contributed by atoms with Crippen molar-refractivity contribution in [2.45, 2.75) is 19.1 Å². The number of carbonyl (C=O) groups is 1. The molecule has 0 radical (unpaired) electrons. The zero-order chi connectivity index (χ0) is 15.9. The Labute approximate surface area is 132 Å². The maximum atomic E-state index is 13.5. The third-order valence-corrected chi connectivity index (χ3v) is 4.43. The Morgan fingerprint density at radius 1 is 1.14 bits per heavy atom. The van der Waals surface area contributed by atoms with E-state index in [9.17, 15) is 13.4 Å². The summed E-state index contributed by atoms with van der Waals surface area (Å²) >= 11 is 0. The van der Waals surface area contributed by atoms with Crippen LogP contribution in [0.2, 0.25) is 0 Å². The molecular weight excluding hydrogens is 301 g/mol. The molecule has 1 unspecified atom stereocenters. The van der Waals surface area contributed by atoms with Crippen LogP contribution in [0.1, 0.15) is 18.1 Å². The van der Waals surface area contributed by atoms with Crippen LogP contribution in [0.3, 0.4) is 0 Å². The van der Waals surface area contributed by atoms with Gasteiger partial charge in [0.1, 0.15) is 11.6 Å². The lowest BCUT2D eigenvalue weighted by Crippen LogP contribution is -2.20. The van der Waals surface area contributed by atoms with Gasteiger partial charge in [0.25, 0.3) is 0 Å². The molecule has 1 amide bonds. The third-order valence-electron chi connectivity index (χ3n) is 3.21. The van der Waals surface area contributed by atoms with E-state index >= 15 is 0 Å². The van der Waals surface area contributed by atoms with Crippen molar-refractivity contribution in [1.82, 2.24) is 0 Å². The second-order valence-corrected chi connectivity index (χ2v) is 6.38. The van der Waals surface area contributed by atoms with E-state index in [4.69, 9.17) is 0 Å². The number of carbonyl (C=O) groups excluding carboxylic acids is 1. The molecule has 2 aromatic carbocycles. The molecule has 0 aliphatic carbocycles. The minimum atomic E-state index is -1.44. The van der Waals surface area contributed by atoms with E-state index in [1.807, 2.05) is 24.3 Å². The van der Waals surface area contributed by atoms with Crippen LogP contribution in [-0.4, -0.2) is 15.9 Å². The highest BCUT2D eigenvalue weighted by atomic mass is 32.2. The van der Waals surface area contributed by atoms with Gasteiger partial charge in [-0.05, 0) is 30.2 Å². The molecule has 1 atom stereocenters. The molecule has 0 aliphatic heterocycles. The molecular formula is C17H18FNO2S. The molecule has 0 aromatic heterocycles. The van der Waals surface area contributed by atoms with Gasteiger partial charge in [0.15, 0.2) is 0 Å². The lowest BCUT2D eigenvalue weighted by atomic mass is 10.1. The van der Waals surface area contributed by atoms with E-state index in [0.717, 1.165) is 6.42 Å². The number of hydrogen-bond donors (Lipinski definition) is 1. The average Bonchev–Trinajstić information content (AvgIpc) is 2.50. The second-order valence-electron chi connectivity index (χ2n) is 4.92. The molecule has 0 aliphatic rings. The molecule has 0 heterocycles. The second kappa shape index (κ2) is 7.84. The Balaban J connectivity index is 1.88. The SMILES string of the molecule is CCc1ccc(NC(=O)CS(=O)Cc2ccccc2F)cc1. The predicted molar refractivity (Wildman–Crippen MR) is 87.6 cm³/mol. The van der Waals surface area contributed by atoms with Crippen LogP contribution in [0.25, 0.3) is 0 Å². The number of rotatable bonds is 6. The fourth-order valence-electron chi connectivity index (χ4n) is 2.01. The van der Waals surface area contributed by atoms with Gasteiger partial charge in [-0.1, -0.05) is 37.3 Å². The van der Waals surface area contributed by atoms with Gasteiger partial charge in [-0.2, -0.15) is 0 Å². The molecule has 0 saturated heterocycles. The Morgan fingerprint density at radius 3 is 2.45 bits per heavy atom. The van der Waals surface area contributed by atoms with Gasteiger partial charge < -0.3 is 5.32 Å². The summed E-state index contributed by atoms with van der Waals surface area (Å²) in [6, 6.07) is 13.7. The molecule has 5 heteroatoms. The van der Waals surface area contributed by atoms with Crippen molar-refractivity contribution < 1.29 is 13.4 Å². The largest absolute Gasteiger partial charge is 0.325 e. The Bertz CT molecular complexity index is 671. The minimum Gasteiger partial charge on any atom is -0.325 e. The summed E-state index contributed by atoms with van der Waals surface area (Å²) < 4.78 is 25.4.